The van der Waals surface area contributed by atoms with Crippen molar-refractivity contribution in [1.29, 1.82) is 0 Å². The van der Waals surface area contributed by atoms with Gasteiger partial charge in [0.25, 0.3) is 0 Å². The summed E-state index contributed by atoms with van der Waals surface area (Å²) in [5, 5.41) is 14.2. The Morgan fingerprint density at radius 2 is 1.93 bits per heavy atom. The first kappa shape index (κ1) is 15.1. The van der Waals surface area contributed by atoms with Gasteiger partial charge in [0.05, 0.1) is 11.7 Å². The van der Waals surface area contributed by atoms with Crippen LogP contribution in [0.2, 0.25) is 5.28 Å². The standard InChI is InChI=1S/C18H14ClN7O/c19-18-20-9-13-25(18)12-8-4-3-7-11(12)15-22-23-16(26(13)15)14-21-17(27-24-14)10-5-1-2-6-10/h3-4,7-10H,1-2,5-6H2. The lowest BCUT2D eigenvalue weighted by atomic mass is 10.1. The largest absolute Gasteiger partial charge is 0.339 e. The van der Waals surface area contributed by atoms with Crippen molar-refractivity contribution in [1.82, 2.24) is 34.1 Å². The summed E-state index contributed by atoms with van der Waals surface area (Å²) in [6.07, 6.45) is 6.30. The second kappa shape index (κ2) is 5.50. The lowest BCUT2D eigenvalue weighted by Crippen LogP contribution is -1.99. The van der Waals surface area contributed by atoms with Gasteiger partial charge in [0, 0.05) is 11.3 Å². The Hall–Kier alpha value is -3.00. The van der Waals surface area contributed by atoms with E-state index in [1.807, 2.05) is 33.1 Å². The topological polar surface area (TPSA) is 86.4 Å². The predicted octanol–water partition coefficient (Wildman–Crippen LogP) is 3.89. The highest BCUT2D eigenvalue weighted by atomic mass is 35.5. The van der Waals surface area contributed by atoms with Gasteiger partial charge in [0.15, 0.2) is 5.65 Å². The Morgan fingerprint density at radius 3 is 2.81 bits per heavy atom. The summed E-state index contributed by atoms with van der Waals surface area (Å²) in [6, 6.07) is 7.88. The predicted molar refractivity (Wildman–Crippen MR) is 98.8 cm³/mol. The summed E-state index contributed by atoms with van der Waals surface area (Å²) in [5.41, 5.74) is 2.37. The fourth-order valence-electron chi connectivity index (χ4n) is 4.04. The Balaban J connectivity index is 1.65. The van der Waals surface area contributed by atoms with Crippen molar-refractivity contribution >= 4 is 33.8 Å². The van der Waals surface area contributed by atoms with Crippen LogP contribution in [-0.4, -0.2) is 34.1 Å². The third-order valence-corrected chi connectivity index (χ3v) is 5.59. The molecule has 1 fully saturated rings. The van der Waals surface area contributed by atoms with Gasteiger partial charge in [-0.1, -0.05) is 30.1 Å². The summed E-state index contributed by atoms with van der Waals surface area (Å²) in [7, 11) is 0. The van der Waals surface area contributed by atoms with Crippen LogP contribution < -0.4 is 0 Å². The molecule has 8 nitrogen and oxygen atoms in total. The van der Waals surface area contributed by atoms with Crippen LogP contribution >= 0.6 is 11.6 Å². The minimum atomic E-state index is 0.343. The van der Waals surface area contributed by atoms with Gasteiger partial charge in [0.2, 0.25) is 22.8 Å². The van der Waals surface area contributed by atoms with Crippen molar-refractivity contribution in [3.05, 3.63) is 41.6 Å². The van der Waals surface area contributed by atoms with Crippen molar-refractivity contribution in [3.8, 4) is 11.6 Å². The van der Waals surface area contributed by atoms with Gasteiger partial charge in [-0.2, -0.15) is 4.98 Å². The number of nitrogens with zero attached hydrogens (tertiary/aromatic N) is 7. The molecule has 27 heavy (non-hydrogen) atoms. The first-order valence-electron chi connectivity index (χ1n) is 8.94. The van der Waals surface area contributed by atoms with E-state index >= 15 is 0 Å². The van der Waals surface area contributed by atoms with E-state index in [0.29, 0.717) is 34.4 Å². The molecule has 6 rings (SSSR count). The van der Waals surface area contributed by atoms with Crippen molar-refractivity contribution in [2.45, 2.75) is 31.6 Å². The van der Waals surface area contributed by atoms with E-state index in [4.69, 9.17) is 16.1 Å². The lowest BCUT2D eigenvalue weighted by Gasteiger charge is -2.06. The van der Waals surface area contributed by atoms with Gasteiger partial charge >= 0.3 is 0 Å². The molecule has 1 aromatic carbocycles. The molecule has 9 heteroatoms. The zero-order valence-electron chi connectivity index (χ0n) is 14.2. The quantitative estimate of drug-likeness (QED) is 0.462. The number of hydrogen-bond donors (Lipinski definition) is 0. The number of aromatic nitrogens is 7. The molecule has 1 aliphatic carbocycles. The van der Waals surface area contributed by atoms with Crippen molar-refractivity contribution in [2.24, 2.45) is 0 Å². The van der Waals surface area contributed by atoms with E-state index in [2.05, 4.69) is 25.3 Å². The van der Waals surface area contributed by atoms with Crippen molar-refractivity contribution in [3.63, 3.8) is 0 Å². The number of halogens is 1. The molecule has 4 aromatic heterocycles. The van der Waals surface area contributed by atoms with Gasteiger partial charge in [0.1, 0.15) is 5.65 Å². The molecule has 0 radical (unpaired) electrons. The van der Waals surface area contributed by atoms with Crippen LogP contribution in [0.25, 0.3) is 33.8 Å². The average molecular weight is 380 g/mol. The molecule has 0 bridgehead atoms. The Morgan fingerprint density at radius 1 is 1.07 bits per heavy atom. The fourth-order valence-corrected chi connectivity index (χ4v) is 4.27. The first-order valence-corrected chi connectivity index (χ1v) is 9.32. The van der Waals surface area contributed by atoms with Gasteiger partial charge < -0.3 is 4.52 Å². The Bertz CT molecular complexity index is 1310. The zero-order chi connectivity index (χ0) is 18.0. The molecular formula is C18H14ClN7O. The average Bonchev–Trinajstić information content (AvgIpc) is 3.46. The van der Waals surface area contributed by atoms with Crippen LogP contribution in [0.1, 0.15) is 37.5 Å². The molecule has 0 atom stereocenters. The maximum absolute atomic E-state index is 6.36. The Kier molecular flexibility index (Phi) is 3.07. The molecule has 0 N–H and O–H groups in total. The summed E-state index contributed by atoms with van der Waals surface area (Å²) in [4.78, 5) is 8.88. The smallest absolute Gasteiger partial charge is 0.240 e. The fraction of sp³-hybridized carbons (Fsp3) is 0.278. The molecule has 0 unspecified atom stereocenters. The second-order valence-corrected chi connectivity index (χ2v) is 7.20. The van der Waals surface area contributed by atoms with Crippen LogP contribution in [-0.2, 0) is 0 Å². The summed E-state index contributed by atoms with van der Waals surface area (Å²) >= 11 is 6.36. The first-order chi connectivity index (χ1) is 13.3. The molecule has 0 spiro atoms. The van der Waals surface area contributed by atoms with E-state index < -0.39 is 0 Å². The van der Waals surface area contributed by atoms with Crippen LogP contribution in [0.5, 0.6) is 0 Å². The molecule has 5 aromatic rings. The highest BCUT2D eigenvalue weighted by molar-refractivity contribution is 6.29. The monoisotopic (exact) mass is 379 g/mol. The summed E-state index contributed by atoms with van der Waals surface area (Å²) in [6.45, 7) is 0. The number of imidazole rings is 1. The molecular weight excluding hydrogens is 366 g/mol. The number of benzene rings is 1. The molecule has 0 saturated heterocycles. The van der Waals surface area contributed by atoms with E-state index in [9.17, 15) is 0 Å². The SMILES string of the molecule is Clc1ncc2n1c1ccccc1c1nnc(-c3noc(C4CCCC4)n3)n12. The van der Waals surface area contributed by atoms with E-state index in [1.54, 1.807) is 6.20 Å². The van der Waals surface area contributed by atoms with Gasteiger partial charge in [-0.05, 0) is 36.6 Å². The van der Waals surface area contributed by atoms with Gasteiger partial charge in [-0.15, -0.1) is 10.2 Å². The highest BCUT2D eigenvalue weighted by Gasteiger charge is 2.26. The highest BCUT2D eigenvalue weighted by Crippen LogP contribution is 2.34. The normalized spacial score (nSPS) is 15.6. The van der Waals surface area contributed by atoms with Crippen LogP contribution in [0.3, 0.4) is 0 Å². The summed E-state index contributed by atoms with van der Waals surface area (Å²) in [5.74, 6) is 1.97. The summed E-state index contributed by atoms with van der Waals surface area (Å²) < 4.78 is 9.28. The van der Waals surface area contributed by atoms with Crippen LogP contribution in [0, 0.1) is 0 Å². The minimum Gasteiger partial charge on any atom is -0.339 e. The molecule has 1 aliphatic rings. The lowest BCUT2D eigenvalue weighted by molar-refractivity contribution is 0.354. The Labute approximate surface area is 157 Å². The molecule has 1 saturated carbocycles. The number of rotatable bonds is 2. The number of para-hydroxylation sites is 1. The zero-order valence-corrected chi connectivity index (χ0v) is 15.0. The molecule has 134 valence electrons. The van der Waals surface area contributed by atoms with Gasteiger partial charge in [-0.3, -0.25) is 8.80 Å². The van der Waals surface area contributed by atoms with Crippen LogP contribution in [0.15, 0.2) is 35.0 Å². The van der Waals surface area contributed by atoms with E-state index in [0.717, 1.165) is 29.4 Å². The van der Waals surface area contributed by atoms with E-state index in [1.165, 1.54) is 12.8 Å². The minimum absolute atomic E-state index is 0.343. The maximum atomic E-state index is 6.36. The molecule has 0 aliphatic heterocycles. The van der Waals surface area contributed by atoms with Crippen LogP contribution in [0.4, 0.5) is 0 Å². The third-order valence-electron chi connectivity index (χ3n) is 5.32. The van der Waals surface area contributed by atoms with Crippen molar-refractivity contribution in [2.75, 3.05) is 0 Å². The number of fused-ring (bicyclic) bond motifs is 6. The van der Waals surface area contributed by atoms with Gasteiger partial charge in [-0.25, -0.2) is 4.98 Å². The molecule has 0 amide bonds. The third kappa shape index (κ3) is 2.07. The van der Waals surface area contributed by atoms with E-state index in [-0.39, 0.29) is 0 Å². The molecule has 4 heterocycles. The maximum Gasteiger partial charge on any atom is 0.240 e. The second-order valence-electron chi connectivity index (χ2n) is 6.86. The number of hydrogen-bond acceptors (Lipinski definition) is 6. The van der Waals surface area contributed by atoms with Crippen molar-refractivity contribution < 1.29 is 4.52 Å².